The van der Waals surface area contributed by atoms with E-state index in [0.29, 0.717) is 0 Å². The number of methoxy groups -OCH3 is 1. The first-order chi connectivity index (χ1) is 9.22. The predicted molar refractivity (Wildman–Crippen MR) is 77.5 cm³/mol. The molecule has 19 heavy (non-hydrogen) atoms. The van der Waals surface area contributed by atoms with Crippen molar-refractivity contribution in [3.8, 4) is 5.75 Å². The molecule has 3 heteroatoms. The number of benzene rings is 1. The van der Waals surface area contributed by atoms with Gasteiger partial charge in [0, 0.05) is 18.4 Å². The normalized spacial score (nSPS) is 12.2. The molecule has 1 aromatic carbocycles. The maximum Gasteiger partial charge on any atom is 0.118 e. The number of hydrogen-bond acceptors (Lipinski definition) is 3. The molecule has 0 aliphatic rings. The Hall–Kier alpha value is -1.87. The third-order valence-electron chi connectivity index (χ3n) is 3.25. The van der Waals surface area contributed by atoms with Gasteiger partial charge in [0.15, 0.2) is 0 Å². The highest BCUT2D eigenvalue weighted by Gasteiger charge is 2.10. The molecule has 0 radical (unpaired) electrons. The summed E-state index contributed by atoms with van der Waals surface area (Å²) in [4.78, 5) is 4.26. The van der Waals surface area contributed by atoms with Crippen LogP contribution in [0.2, 0.25) is 0 Å². The molecular weight excluding hydrogens is 236 g/mol. The first-order valence-electron chi connectivity index (χ1n) is 6.44. The van der Waals surface area contributed by atoms with Gasteiger partial charge in [0.1, 0.15) is 5.75 Å². The highest BCUT2D eigenvalue weighted by Crippen LogP contribution is 2.20. The van der Waals surface area contributed by atoms with Crippen LogP contribution in [0.15, 0.2) is 42.7 Å². The molecule has 1 aromatic heterocycles. The first kappa shape index (κ1) is 13.6. The summed E-state index contributed by atoms with van der Waals surface area (Å²) < 4.78 is 5.18. The van der Waals surface area contributed by atoms with Crippen molar-refractivity contribution in [2.75, 3.05) is 14.2 Å². The fourth-order valence-corrected chi connectivity index (χ4v) is 2.15. The molecule has 0 spiro atoms. The Morgan fingerprint density at radius 2 is 1.95 bits per heavy atom. The van der Waals surface area contributed by atoms with Crippen LogP contribution in [0.1, 0.15) is 22.7 Å². The Kier molecular flexibility index (Phi) is 4.53. The lowest BCUT2D eigenvalue weighted by Gasteiger charge is -2.17. The van der Waals surface area contributed by atoms with Gasteiger partial charge in [0.2, 0.25) is 0 Å². The van der Waals surface area contributed by atoms with E-state index < -0.39 is 0 Å². The van der Waals surface area contributed by atoms with Crippen LogP contribution >= 0.6 is 0 Å². The van der Waals surface area contributed by atoms with Crippen molar-refractivity contribution in [3.63, 3.8) is 0 Å². The number of nitrogens with zero attached hydrogens (tertiary/aromatic N) is 1. The summed E-state index contributed by atoms with van der Waals surface area (Å²) in [6.45, 7) is 2.07. The van der Waals surface area contributed by atoms with Crippen LogP contribution in [0.25, 0.3) is 0 Å². The van der Waals surface area contributed by atoms with Crippen LogP contribution in [-0.2, 0) is 6.42 Å². The molecule has 2 aromatic rings. The molecule has 3 nitrogen and oxygen atoms in total. The zero-order valence-electron chi connectivity index (χ0n) is 11.7. The number of ether oxygens (including phenoxy) is 1. The van der Waals surface area contributed by atoms with Gasteiger partial charge in [-0.25, -0.2) is 0 Å². The monoisotopic (exact) mass is 256 g/mol. The lowest BCUT2D eigenvalue weighted by atomic mass is 9.99. The Morgan fingerprint density at radius 3 is 2.53 bits per heavy atom. The number of likely N-dealkylation sites (N-methyl/N-ethyl adjacent to an activating group) is 1. The fourth-order valence-electron chi connectivity index (χ4n) is 2.15. The molecular formula is C16H20N2O. The van der Waals surface area contributed by atoms with Gasteiger partial charge < -0.3 is 10.1 Å². The SMILES string of the molecule is CNC(Cc1ccc(OC)cc1)c1cncc(C)c1. The zero-order valence-corrected chi connectivity index (χ0v) is 11.7. The minimum atomic E-state index is 0.279. The van der Waals surface area contributed by atoms with Crippen LogP contribution in [-0.4, -0.2) is 19.1 Å². The van der Waals surface area contributed by atoms with E-state index in [2.05, 4.69) is 35.4 Å². The second-order valence-electron chi connectivity index (χ2n) is 4.69. The first-order valence-corrected chi connectivity index (χ1v) is 6.44. The Bertz CT molecular complexity index is 523. The van der Waals surface area contributed by atoms with Gasteiger partial charge in [-0.1, -0.05) is 18.2 Å². The van der Waals surface area contributed by atoms with Gasteiger partial charge in [-0.2, -0.15) is 0 Å². The second-order valence-corrected chi connectivity index (χ2v) is 4.69. The molecule has 0 amide bonds. The number of rotatable bonds is 5. The quantitative estimate of drug-likeness (QED) is 0.893. The van der Waals surface area contributed by atoms with Gasteiger partial charge in [-0.05, 0) is 49.2 Å². The average Bonchev–Trinajstić information content (AvgIpc) is 2.45. The summed E-state index contributed by atoms with van der Waals surface area (Å²) >= 11 is 0. The van der Waals surface area contributed by atoms with Crippen molar-refractivity contribution in [2.24, 2.45) is 0 Å². The minimum Gasteiger partial charge on any atom is -0.497 e. The summed E-state index contributed by atoms with van der Waals surface area (Å²) in [6.07, 6.45) is 4.74. The van der Waals surface area contributed by atoms with Crippen LogP contribution < -0.4 is 10.1 Å². The van der Waals surface area contributed by atoms with E-state index in [4.69, 9.17) is 4.74 Å². The van der Waals surface area contributed by atoms with Crippen molar-refractivity contribution in [1.29, 1.82) is 0 Å². The molecule has 100 valence electrons. The van der Waals surface area contributed by atoms with E-state index in [-0.39, 0.29) is 6.04 Å². The van der Waals surface area contributed by atoms with E-state index in [1.807, 2.05) is 31.6 Å². The summed E-state index contributed by atoms with van der Waals surface area (Å²) in [6, 6.07) is 10.7. The summed E-state index contributed by atoms with van der Waals surface area (Å²) in [5.74, 6) is 0.891. The van der Waals surface area contributed by atoms with E-state index in [0.717, 1.165) is 12.2 Å². The van der Waals surface area contributed by atoms with Crippen molar-refractivity contribution >= 4 is 0 Å². The number of pyridine rings is 1. The van der Waals surface area contributed by atoms with Crippen LogP contribution in [0.3, 0.4) is 0 Å². The van der Waals surface area contributed by atoms with Crippen molar-refractivity contribution < 1.29 is 4.74 Å². The van der Waals surface area contributed by atoms with E-state index in [1.54, 1.807) is 7.11 Å². The molecule has 0 saturated heterocycles. The average molecular weight is 256 g/mol. The molecule has 0 saturated carbocycles. The topological polar surface area (TPSA) is 34.1 Å². The van der Waals surface area contributed by atoms with Crippen molar-refractivity contribution in [1.82, 2.24) is 10.3 Å². The standard InChI is InChI=1S/C16H20N2O/c1-12-8-14(11-18-10-12)16(17-2)9-13-4-6-15(19-3)7-5-13/h4-8,10-11,16-17H,9H2,1-3H3. The third-order valence-corrected chi connectivity index (χ3v) is 3.25. The molecule has 0 aliphatic carbocycles. The van der Waals surface area contributed by atoms with Crippen molar-refractivity contribution in [2.45, 2.75) is 19.4 Å². The second kappa shape index (κ2) is 6.34. The minimum absolute atomic E-state index is 0.279. The molecule has 0 bridgehead atoms. The lowest BCUT2D eigenvalue weighted by Crippen LogP contribution is -2.19. The van der Waals surface area contributed by atoms with Gasteiger partial charge in [0.05, 0.1) is 7.11 Å². The predicted octanol–water partition coefficient (Wildman–Crippen LogP) is 2.90. The third kappa shape index (κ3) is 3.55. The summed E-state index contributed by atoms with van der Waals surface area (Å²) in [5.41, 5.74) is 3.69. The van der Waals surface area contributed by atoms with Crippen LogP contribution in [0.5, 0.6) is 5.75 Å². The van der Waals surface area contributed by atoms with E-state index in [1.165, 1.54) is 16.7 Å². The number of aromatic nitrogens is 1. The maximum absolute atomic E-state index is 5.18. The van der Waals surface area contributed by atoms with E-state index >= 15 is 0 Å². The smallest absolute Gasteiger partial charge is 0.118 e. The molecule has 1 unspecified atom stereocenters. The van der Waals surface area contributed by atoms with Crippen LogP contribution in [0, 0.1) is 6.92 Å². The lowest BCUT2D eigenvalue weighted by molar-refractivity contribution is 0.414. The van der Waals surface area contributed by atoms with Gasteiger partial charge >= 0.3 is 0 Å². The van der Waals surface area contributed by atoms with Gasteiger partial charge in [-0.15, -0.1) is 0 Å². The number of nitrogens with one attached hydrogen (secondary N) is 1. The Morgan fingerprint density at radius 1 is 1.21 bits per heavy atom. The Labute approximate surface area is 114 Å². The fraction of sp³-hybridized carbons (Fsp3) is 0.312. The van der Waals surface area contributed by atoms with Gasteiger partial charge in [-0.3, -0.25) is 4.98 Å². The molecule has 1 heterocycles. The van der Waals surface area contributed by atoms with Crippen molar-refractivity contribution in [3.05, 3.63) is 59.4 Å². The molecule has 1 atom stereocenters. The molecule has 0 aliphatic heterocycles. The molecule has 0 fully saturated rings. The maximum atomic E-state index is 5.18. The van der Waals surface area contributed by atoms with E-state index in [9.17, 15) is 0 Å². The highest BCUT2D eigenvalue weighted by molar-refractivity contribution is 5.29. The highest BCUT2D eigenvalue weighted by atomic mass is 16.5. The number of aryl methyl sites for hydroxylation is 1. The molecule has 1 N–H and O–H groups in total. The summed E-state index contributed by atoms with van der Waals surface area (Å²) in [5, 5.41) is 3.35. The van der Waals surface area contributed by atoms with Gasteiger partial charge in [0.25, 0.3) is 0 Å². The molecule has 2 rings (SSSR count). The zero-order chi connectivity index (χ0) is 13.7. The Balaban J connectivity index is 2.14. The number of hydrogen-bond donors (Lipinski definition) is 1. The summed E-state index contributed by atoms with van der Waals surface area (Å²) in [7, 11) is 3.67. The van der Waals surface area contributed by atoms with Crippen LogP contribution in [0.4, 0.5) is 0 Å². The largest absolute Gasteiger partial charge is 0.497 e.